The van der Waals surface area contributed by atoms with Crippen molar-refractivity contribution in [2.24, 2.45) is 0 Å². The molecule has 0 saturated carbocycles. The zero-order chi connectivity index (χ0) is 20.4. The maximum atomic E-state index is 13.8. The first kappa shape index (κ1) is 18.8. The third-order valence-electron chi connectivity index (χ3n) is 4.29. The molecule has 0 radical (unpaired) electrons. The Bertz CT molecular complexity index is 1160. The fourth-order valence-electron chi connectivity index (χ4n) is 2.89. The van der Waals surface area contributed by atoms with E-state index >= 15 is 0 Å². The first-order valence-electron chi connectivity index (χ1n) is 8.58. The minimum atomic E-state index is -0.922. The summed E-state index contributed by atoms with van der Waals surface area (Å²) in [5, 5.41) is 3.02. The highest BCUT2D eigenvalue weighted by Crippen LogP contribution is 2.32. The molecule has 1 N–H and O–H groups in total. The van der Waals surface area contributed by atoms with Crippen molar-refractivity contribution >= 4 is 23.2 Å². The van der Waals surface area contributed by atoms with Gasteiger partial charge >= 0.3 is 0 Å². The van der Waals surface area contributed by atoms with Crippen LogP contribution >= 0.6 is 11.6 Å². The normalized spacial score (nSPS) is 10.7. The van der Waals surface area contributed by atoms with Crippen LogP contribution in [0.2, 0.25) is 5.02 Å². The van der Waals surface area contributed by atoms with E-state index in [1.807, 2.05) is 6.07 Å². The van der Waals surface area contributed by atoms with E-state index in [1.54, 1.807) is 42.6 Å². The lowest BCUT2D eigenvalue weighted by atomic mass is 10.0. The van der Waals surface area contributed by atoms with Crippen molar-refractivity contribution in [1.82, 2.24) is 4.98 Å². The van der Waals surface area contributed by atoms with Gasteiger partial charge in [0.2, 0.25) is 5.89 Å². The SMILES string of the molecule is O=C(Nc1ccc(-c2cc(-c3ncco3)ccc2Cl)cc1)c1c(F)cccc1F. The molecule has 29 heavy (non-hydrogen) atoms. The molecule has 4 aromatic rings. The van der Waals surface area contributed by atoms with Crippen molar-refractivity contribution in [3.63, 3.8) is 0 Å². The smallest absolute Gasteiger partial charge is 0.261 e. The molecule has 4 rings (SSSR count). The van der Waals surface area contributed by atoms with Gasteiger partial charge in [-0.15, -0.1) is 0 Å². The fourth-order valence-corrected chi connectivity index (χ4v) is 3.11. The van der Waals surface area contributed by atoms with Crippen molar-refractivity contribution in [3.05, 3.63) is 95.3 Å². The third-order valence-corrected chi connectivity index (χ3v) is 4.62. The standard InChI is InChI=1S/C22H13ClF2N2O2/c23-17-9-6-14(22-26-10-11-29-22)12-16(17)13-4-7-15(8-5-13)27-21(28)20-18(24)2-1-3-19(20)25/h1-12H,(H,27,28). The third kappa shape index (κ3) is 3.88. The van der Waals surface area contributed by atoms with Gasteiger partial charge in [0.25, 0.3) is 5.91 Å². The topological polar surface area (TPSA) is 55.1 Å². The van der Waals surface area contributed by atoms with E-state index in [0.29, 0.717) is 16.6 Å². The Hall–Kier alpha value is -3.51. The van der Waals surface area contributed by atoms with E-state index < -0.39 is 23.1 Å². The van der Waals surface area contributed by atoms with Gasteiger partial charge in [-0.3, -0.25) is 4.79 Å². The van der Waals surface area contributed by atoms with Crippen LogP contribution in [0, 0.1) is 11.6 Å². The van der Waals surface area contributed by atoms with Crippen LogP contribution in [0.1, 0.15) is 10.4 Å². The maximum Gasteiger partial charge on any atom is 0.261 e. The summed E-state index contributed by atoms with van der Waals surface area (Å²) in [5.74, 6) is -2.24. The van der Waals surface area contributed by atoms with Gasteiger partial charge in [-0.25, -0.2) is 13.8 Å². The average molecular weight is 411 g/mol. The van der Waals surface area contributed by atoms with Crippen LogP contribution in [0.25, 0.3) is 22.6 Å². The first-order valence-corrected chi connectivity index (χ1v) is 8.96. The number of carbonyl (C=O) groups is 1. The van der Waals surface area contributed by atoms with Gasteiger partial charge in [-0.1, -0.05) is 29.8 Å². The lowest BCUT2D eigenvalue weighted by molar-refractivity contribution is 0.101. The molecular weight excluding hydrogens is 398 g/mol. The molecule has 144 valence electrons. The Morgan fingerprint density at radius 2 is 1.66 bits per heavy atom. The summed E-state index contributed by atoms with van der Waals surface area (Å²) >= 11 is 6.33. The predicted molar refractivity (Wildman–Crippen MR) is 107 cm³/mol. The second-order valence-electron chi connectivity index (χ2n) is 6.16. The molecule has 0 aliphatic heterocycles. The highest BCUT2D eigenvalue weighted by molar-refractivity contribution is 6.33. The second-order valence-corrected chi connectivity index (χ2v) is 6.57. The van der Waals surface area contributed by atoms with E-state index in [4.69, 9.17) is 16.0 Å². The molecule has 0 aliphatic carbocycles. The minimum absolute atomic E-state index is 0.390. The first-order chi connectivity index (χ1) is 14.0. The van der Waals surface area contributed by atoms with Crippen LogP contribution in [-0.4, -0.2) is 10.9 Å². The largest absolute Gasteiger partial charge is 0.445 e. The zero-order valence-corrected chi connectivity index (χ0v) is 15.6. The van der Waals surface area contributed by atoms with E-state index in [1.165, 1.54) is 12.3 Å². The van der Waals surface area contributed by atoms with Gasteiger partial charge in [0, 0.05) is 21.8 Å². The van der Waals surface area contributed by atoms with Gasteiger partial charge in [-0.2, -0.15) is 0 Å². The van der Waals surface area contributed by atoms with E-state index in [9.17, 15) is 13.6 Å². The molecule has 1 heterocycles. The van der Waals surface area contributed by atoms with Gasteiger partial charge in [-0.05, 0) is 48.0 Å². The van der Waals surface area contributed by atoms with Gasteiger partial charge in [0.15, 0.2) is 0 Å². The van der Waals surface area contributed by atoms with Crippen molar-refractivity contribution < 1.29 is 18.0 Å². The fraction of sp³-hybridized carbons (Fsp3) is 0. The summed E-state index contributed by atoms with van der Waals surface area (Å²) in [6.07, 6.45) is 3.04. The highest BCUT2D eigenvalue weighted by Gasteiger charge is 2.17. The van der Waals surface area contributed by atoms with Crippen LogP contribution in [-0.2, 0) is 0 Å². The Kier molecular flexibility index (Phi) is 5.10. The number of benzene rings is 3. The number of hydrogen-bond acceptors (Lipinski definition) is 3. The van der Waals surface area contributed by atoms with E-state index in [-0.39, 0.29) is 0 Å². The Morgan fingerprint density at radius 3 is 2.31 bits per heavy atom. The number of hydrogen-bond donors (Lipinski definition) is 1. The average Bonchev–Trinajstić information content (AvgIpc) is 3.24. The lowest BCUT2D eigenvalue weighted by Crippen LogP contribution is -2.15. The number of aromatic nitrogens is 1. The lowest BCUT2D eigenvalue weighted by Gasteiger charge is -2.10. The molecule has 0 saturated heterocycles. The molecule has 0 fully saturated rings. The van der Waals surface area contributed by atoms with Crippen molar-refractivity contribution in [2.75, 3.05) is 5.32 Å². The number of amides is 1. The van der Waals surface area contributed by atoms with Crippen molar-refractivity contribution in [1.29, 1.82) is 0 Å². The zero-order valence-electron chi connectivity index (χ0n) is 14.8. The number of nitrogens with one attached hydrogen (secondary N) is 1. The molecule has 3 aromatic carbocycles. The number of carbonyl (C=O) groups excluding carboxylic acids is 1. The van der Waals surface area contributed by atoms with Crippen molar-refractivity contribution in [3.8, 4) is 22.6 Å². The Morgan fingerprint density at radius 1 is 0.966 bits per heavy atom. The van der Waals surface area contributed by atoms with Gasteiger partial charge in [0.1, 0.15) is 23.5 Å². The summed E-state index contributed by atoms with van der Waals surface area (Å²) in [6, 6.07) is 15.4. The van der Waals surface area contributed by atoms with Crippen molar-refractivity contribution in [2.45, 2.75) is 0 Å². The minimum Gasteiger partial charge on any atom is -0.445 e. The summed E-state index contributed by atoms with van der Waals surface area (Å²) in [5.41, 5.74) is 2.07. The van der Waals surface area contributed by atoms with Crippen LogP contribution < -0.4 is 5.32 Å². The molecule has 0 spiro atoms. The molecular formula is C22H13ClF2N2O2. The van der Waals surface area contributed by atoms with Crippen LogP contribution in [0.5, 0.6) is 0 Å². The quantitative estimate of drug-likeness (QED) is 0.436. The van der Waals surface area contributed by atoms with Crippen LogP contribution in [0.4, 0.5) is 14.5 Å². The molecule has 1 aromatic heterocycles. The Balaban J connectivity index is 1.59. The second kappa shape index (κ2) is 7.85. The highest BCUT2D eigenvalue weighted by atomic mass is 35.5. The molecule has 0 unspecified atom stereocenters. The molecule has 7 heteroatoms. The summed E-state index contributed by atoms with van der Waals surface area (Å²) in [7, 11) is 0. The number of nitrogens with zero attached hydrogens (tertiary/aromatic N) is 1. The number of rotatable bonds is 4. The Labute approximate surface area is 169 Å². The number of anilines is 1. The predicted octanol–water partition coefficient (Wildman–Crippen LogP) is 6.19. The van der Waals surface area contributed by atoms with Crippen LogP contribution in [0.15, 0.2) is 77.5 Å². The molecule has 1 amide bonds. The van der Waals surface area contributed by atoms with Gasteiger partial charge < -0.3 is 9.73 Å². The molecule has 0 aliphatic rings. The number of halogens is 3. The molecule has 4 nitrogen and oxygen atoms in total. The summed E-state index contributed by atoms with van der Waals surface area (Å²) in [4.78, 5) is 16.3. The molecule has 0 atom stereocenters. The summed E-state index contributed by atoms with van der Waals surface area (Å²) < 4.78 is 32.8. The number of oxazole rings is 1. The van der Waals surface area contributed by atoms with E-state index in [0.717, 1.165) is 28.8 Å². The van der Waals surface area contributed by atoms with Gasteiger partial charge in [0.05, 0.1) is 6.20 Å². The monoisotopic (exact) mass is 410 g/mol. The molecule has 0 bridgehead atoms. The maximum absolute atomic E-state index is 13.8. The van der Waals surface area contributed by atoms with Crippen LogP contribution in [0.3, 0.4) is 0 Å². The van der Waals surface area contributed by atoms with E-state index in [2.05, 4.69) is 10.3 Å². The summed E-state index contributed by atoms with van der Waals surface area (Å²) in [6.45, 7) is 0.